The fraction of sp³-hybridized carbons (Fsp3) is 0.364. The predicted octanol–water partition coefficient (Wildman–Crippen LogP) is 2.98. The lowest BCUT2D eigenvalue weighted by molar-refractivity contribution is 0.444. The smallest absolute Gasteiger partial charge is 0.180 e. The van der Waals surface area contributed by atoms with Crippen molar-refractivity contribution in [1.82, 2.24) is 10.3 Å². The summed E-state index contributed by atoms with van der Waals surface area (Å²) in [5.41, 5.74) is 0. The van der Waals surface area contributed by atoms with Gasteiger partial charge in [0.25, 0.3) is 0 Å². The van der Waals surface area contributed by atoms with Gasteiger partial charge in [0.2, 0.25) is 0 Å². The zero-order valence-electron chi connectivity index (χ0n) is 8.64. The highest BCUT2D eigenvalue weighted by atomic mass is 32.1. The molecule has 0 aliphatic heterocycles. The van der Waals surface area contributed by atoms with Crippen molar-refractivity contribution in [1.29, 1.82) is 0 Å². The Labute approximate surface area is 93.2 Å². The molecule has 1 unspecified atom stereocenters. The van der Waals surface area contributed by atoms with Crippen molar-refractivity contribution in [2.75, 3.05) is 0 Å². The Hall–Kier alpha value is -1.13. The van der Waals surface area contributed by atoms with Crippen molar-refractivity contribution in [2.45, 2.75) is 25.9 Å². The first-order valence-electron chi connectivity index (χ1n) is 5.04. The summed E-state index contributed by atoms with van der Waals surface area (Å²) < 4.78 is 5.18. The second kappa shape index (κ2) is 5.09. The highest BCUT2D eigenvalue weighted by molar-refractivity contribution is 7.10. The summed E-state index contributed by atoms with van der Waals surface area (Å²) in [5, 5.41) is 5.56. The molecular weight excluding hydrogens is 208 g/mol. The van der Waals surface area contributed by atoms with Gasteiger partial charge < -0.3 is 9.73 Å². The molecule has 0 spiro atoms. The summed E-state index contributed by atoms with van der Waals surface area (Å²) in [6, 6.07) is 4.65. The van der Waals surface area contributed by atoms with Gasteiger partial charge >= 0.3 is 0 Å². The number of thiophene rings is 1. The van der Waals surface area contributed by atoms with Crippen LogP contribution in [-0.2, 0) is 6.54 Å². The Balaban J connectivity index is 1.92. The lowest BCUT2D eigenvalue weighted by Crippen LogP contribution is -2.18. The third-order valence-corrected chi connectivity index (χ3v) is 3.29. The maximum atomic E-state index is 5.18. The van der Waals surface area contributed by atoms with Crippen molar-refractivity contribution in [3.63, 3.8) is 0 Å². The van der Waals surface area contributed by atoms with Gasteiger partial charge in [-0.05, 0) is 17.9 Å². The van der Waals surface area contributed by atoms with Crippen LogP contribution in [0.1, 0.15) is 30.0 Å². The maximum Gasteiger partial charge on any atom is 0.180 e. The number of rotatable bonds is 5. The average Bonchev–Trinajstić information content (AvgIpc) is 2.90. The van der Waals surface area contributed by atoms with Gasteiger partial charge in [-0.3, -0.25) is 0 Å². The maximum absolute atomic E-state index is 5.18. The van der Waals surface area contributed by atoms with Crippen molar-refractivity contribution in [3.8, 4) is 0 Å². The summed E-state index contributed by atoms with van der Waals surface area (Å²) in [5.74, 6) is 0.880. The minimum absolute atomic E-state index is 0.412. The van der Waals surface area contributed by atoms with Gasteiger partial charge in [0.1, 0.15) is 5.76 Å². The molecule has 0 saturated carbocycles. The number of hydrogen-bond acceptors (Lipinski definition) is 4. The fourth-order valence-electron chi connectivity index (χ4n) is 1.49. The van der Waals surface area contributed by atoms with Gasteiger partial charge in [0, 0.05) is 10.9 Å². The van der Waals surface area contributed by atoms with Crippen LogP contribution in [0.5, 0.6) is 0 Å². The van der Waals surface area contributed by atoms with E-state index in [0.717, 1.165) is 18.7 Å². The Morgan fingerprint density at radius 2 is 2.53 bits per heavy atom. The van der Waals surface area contributed by atoms with E-state index in [1.54, 1.807) is 17.5 Å². The van der Waals surface area contributed by atoms with Crippen LogP contribution in [0.15, 0.2) is 34.5 Å². The number of nitrogens with one attached hydrogen (secondary N) is 1. The van der Waals surface area contributed by atoms with Crippen molar-refractivity contribution < 1.29 is 4.42 Å². The molecule has 80 valence electrons. The molecule has 0 saturated heterocycles. The number of oxazole rings is 1. The van der Waals surface area contributed by atoms with E-state index in [4.69, 9.17) is 4.42 Å². The molecule has 1 N–H and O–H groups in total. The van der Waals surface area contributed by atoms with E-state index in [9.17, 15) is 0 Å². The van der Waals surface area contributed by atoms with Gasteiger partial charge in [-0.1, -0.05) is 13.0 Å². The van der Waals surface area contributed by atoms with E-state index >= 15 is 0 Å². The lowest BCUT2D eigenvalue weighted by atomic mass is 10.2. The number of hydrogen-bond donors (Lipinski definition) is 1. The van der Waals surface area contributed by atoms with Crippen LogP contribution in [0.2, 0.25) is 0 Å². The van der Waals surface area contributed by atoms with E-state index in [0.29, 0.717) is 6.04 Å². The first-order valence-corrected chi connectivity index (χ1v) is 5.92. The molecule has 0 aliphatic rings. The van der Waals surface area contributed by atoms with Gasteiger partial charge in [0.15, 0.2) is 6.39 Å². The second-order valence-electron chi connectivity index (χ2n) is 3.32. The molecule has 0 fully saturated rings. The van der Waals surface area contributed by atoms with Crippen LogP contribution in [0.3, 0.4) is 0 Å². The van der Waals surface area contributed by atoms with Crippen LogP contribution >= 0.6 is 11.3 Å². The number of nitrogens with zero attached hydrogens (tertiary/aromatic N) is 1. The number of aromatic nitrogens is 1. The van der Waals surface area contributed by atoms with E-state index in [1.807, 2.05) is 0 Å². The highest BCUT2D eigenvalue weighted by Gasteiger charge is 2.09. The van der Waals surface area contributed by atoms with Crippen molar-refractivity contribution in [3.05, 3.63) is 40.7 Å². The largest absolute Gasteiger partial charge is 0.447 e. The third kappa shape index (κ3) is 2.67. The molecule has 1 atom stereocenters. The monoisotopic (exact) mass is 222 g/mol. The zero-order valence-corrected chi connectivity index (χ0v) is 9.46. The quantitative estimate of drug-likeness (QED) is 0.845. The third-order valence-electron chi connectivity index (χ3n) is 2.30. The van der Waals surface area contributed by atoms with E-state index in [-0.39, 0.29) is 0 Å². The van der Waals surface area contributed by atoms with Gasteiger partial charge in [-0.25, -0.2) is 4.98 Å². The van der Waals surface area contributed by atoms with E-state index < -0.39 is 0 Å². The molecule has 0 bridgehead atoms. The summed E-state index contributed by atoms with van der Waals surface area (Å²) in [4.78, 5) is 5.26. The Bertz CT molecular complexity index is 369. The minimum Gasteiger partial charge on any atom is -0.447 e. The second-order valence-corrected chi connectivity index (χ2v) is 4.30. The molecule has 2 rings (SSSR count). The predicted molar refractivity (Wildman–Crippen MR) is 60.7 cm³/mol. The van der Waals surface area contributed by atoms with Gasteiger partial charge in [0.05, 0.1) is 12.7 Å². The zero-order chi connectivity index (χ0) is 10.5. The normalized spacial score (nSPS) is 12.9. The van der Waals surface area contributed by atoms with E-state index in [2.05, 4.69) is 34.7 Å². The van der Waals surface area contributed by atoms with Crippen LogP contribution in [0, 0.1) is 0 Å². The SMILES string of the molecule is CCC(NCc1cnco1)c1cccs1. The average molecular weight is 222 g/mol. The van der Waals surface area contributed by atoms with Gasteiger partial charge in [-0.2, -0.15) is 0 Å². The molecule has 0 aromatic carbocycles. The van der Waals surface area contributed by atoms with Gasteiger partial charge in [-0.15, -0.1) is 11.3 Å². The molecular formula is C11H14N2OS. The lowest BCUT2D eigenvalue weighted by Gasteiger charge is -2.13. The molecule has 0 aliphatic carbocycles. The van der Waals surface area contributed by atoms with Crippen LogP contribution in [0.4, 0.5) is 0 Å². The molecule has 2 aromatic heterocycles. The molecule has 2 heterocycles. The van der Waals surface area contributed by atoms with Crippen LogP contribution < -0.4 is 5.32 Å². The minimum atomic E-state index is 0.412. The Morgan fingerprint density at radius 3 is 3.13 bits per heavy atom. The molecule has 2 aromatic rings. The van der Waals surface area contributed by atoms with Crippen LogP contribution in [-0.4, -0.2) is 4.98 Å². The van der Waals surface area contributed by atoms with Crippen molar-refractivity contribution in [2.24, 2.45) is 0 Å². The molecule has 4 heteroatoms. The summed E-state index contributed by atoms with van der Waals surface area (Å²) in [6.07, 6.45) is 4.28. The summed E-state index contributed by atoms with van der Waals surface area (Å²) >= 11 is 1.78. The first-order chi connectivity index (χ1) is 7.40. The fourth-order valence-corrected chi connectivity index (χ4v) is 2.37. The first kappa shape index (κ1) is 10.4. The Morgan fingerprint density at radius 1 is 1.60 bits per heavy atom. The topological polar surface area (TPSA) is 38.1 Å². The standard InChI is InChI=1S/C11H14N2OS/c1-2-10(11-4-3-5-15-11)13-7-9-6-12-8-14-9/h3-6,8,10,13H,2,7H2,1H3. The molecule has 0 radical (unpaired) electrons. The molecule has 3 nitrogen and oxygen atoms in total. The summed E-state index contributed by atoms with van der Waals surface area (Å²) in [7, 11) is 0. The Kier molecular flexibility index (Phi) is 3.53. The van der Waals surface area contributed by atoms with E-state index in [1.165, 1.54) is 11.3 Å². The molecule has 0 amide bonds. The van der Waals surface area contributed by atoms with Crippen molar-refractivity contribution >= 4 is 11.3 Å². The highest BCUT2D eigenvalue weighted by Crippen LogP contribution is 2.21. The molecule has 15 heavy (non-hydrogen) atoms. The van der Waals surface area contributed by atoms with Crippen LogP contribution in [0.25, 0.3) is 0 Å². The summed E-state index contributed by atoms with van der Waals surface area (Å²) in [6.45, 7) is 2.91.